The number of nitrogens with zero attached hydrogens (tertiary/aromatic N) is 2. The highest BCUT2D eigenvalue weighted by Gasteiger charge is 2.34. The molecule has 0 unspecified atom stereocenters. The van der Waals surface area contributed by atoms with Gasteiger partial charge in [-0.25, -0.2) is 0 Å². The molecule has 1 aliphatic carbocycles. The van der Waals surface area contributed by atoms with E-state index in [4.69, 9.17) is 10.3 Å². The number of hydrogen-bond acceptors (Lipinski definition) is 4. The van der Waals surface area contributed by atoms with Crippen molar-refractivity contribution >= 4 is 0 Å². The van der Waals surface area contributed by atoms with Gasteiger partial charge in [-0.1, -0.05) is 5.16 Å². The molecule has 0 spiro atoms. The summed E-state index contributed by atoms with van der Waals surface area (Å²) in [7, 11) is 0. The standard InChI is InChI=1S/C7H11N3O/c8-7(2-1-3-7)4-6-9-5-10-11-6/h5H,1-4,8H2. The van der Waals surface area contributed by atoms with Gasteiger partial charge in [0.1, 0.15) is 0 Å². The Balaban J connectivity index is 2.00. The van der Waals surface area contributed by atoms with Gasteiger partial charge in [0, 0.05) is 12.0 Å². The van der Waals surface area contributed by atoms with Crippen molar-refractivity contribution in [1.82, 2.24) is 10.1 Å². The minimum Gasteiger partial charge on any atom is -0.340 e. The molecule has 1 aromatic rings. The highest BCUT2D eigenvalue weighted by molar-refractivity contribution is 4.98. The highest BCUT2D eigenvalue weighted by atomic mass is 16.5. The Morgan fingerprint density at radius 3 is 2.91 bits per heavy atom. The molecule has 0 saturated heterocycles. The molecule has 1 fully saturated rings. The Labute approximate surface area is 64.8 Å². The van der Waals surface area contributed by atoms with Crippen molar-refractivity contribution in [2.45, 2.75) is 31.2 Å². The number of hydrogen-bond donors (Lipinski definition) is 1. The van der Waals surface area contributed by atoms with Crippen LogP contribution < -0.4 is 5.73 Å². The van der Waals surface area contributed by atoms with Crippen molar-refractivity contribution in [3.8, 4) is 0 Å². The third-order valence-corrected chi connectivity index (χ3v) is 2.26. The Hall–Kier alpha value is -0.900. The molecular formula is C7H11N3O. The molecule has 60 valence electrons. The minimum atomic E-state index is -0.0491. The molecule has 2 rings (SSSR count). The van der Waals surface area contributed by atoms with Crippen LogP contribution in [-0.4, -0.2) is 15.7 Å². The summed E-state index contributed by atoms with van der Waals surface area (Å²) >= 11 is 0. The first-order valence-electron chi connectivity index (χ1n) is 3.83. The van der Waals surface area contributed by atoms with Gasteiger partial charge in [0.2, 0.25) is 5.89 Å². The second-order valence-corrected chi connectivity index (χ2v) is 3.23. The second-order valence-electron chi connectivity index (χ2n) is 3.23. The van der Waals surface area contributed by atoms with E-state index in [1.165, 1.54) is 12.7 Å². The van der Waals surface area contributed by atoms with Crippen LogP contribution in [0.2, 0.25) is 0 Å². The Morgan fingerprint density at radius 2 is 2.45 bits per heavy atom. The Bertz CT molecular complexity index is 228. The van der Waals surface area contributed by atoms with Gasteiger partial charge in [0.05, 0.1) is 0 Å². The lowest BCUT2D eigenvalue weighted by Crippen LogP contribution is -2.48. The first kappa shape index (κ1) is 6.79. The summed E-state index contributed by atoms with van der Waals surface area (Å²) in [6.45, 7) is 0. The summed E-state index contributed by atoms with van der Waals surface area (Å²) in [5.41, 5.74) is 5.92. The molecule has 11 heavy (non-hydrogen) atoms. The zero-order valence-electron chi connectivity index (χ0n) is 6.29. The van der Waals surface area contributed by atoms with Crippen LogP contribution in [0.3, 0.4) is 0 Å². The summed E-state index contributed by atoms with van der Waals surface area (Å²) in [4.78, 5) is 3.93. The van der Waals surface area contributed by atoms with Crippen molar-refractivity contribution in [3.63, 3.8) is 0 Å². The average Bonchev–Trinajstić information content (AvgIpc) is 2.36. The van der Waals surface area contributed by atoms with Gasteiger partial charge < -0.3 is 10.3 Å². The van der Waals surface area contributed by atoms with Gasteiger partial charge in [-0.15, -0.1) is 0 Å². The van der Waals surface area contributed by atoms with Crippen LogP contribution in [0.15, 0.2) is 10.9 Å². The largest absolute Gasteiger partial charge is 0.340 e. The lowest BCUT2D eigenvalue weighted by Gasteiger charge is -2.36. The van der Waals surface area contributed by atoms with Crippen LogP contribution in [0.25, 0.3) is 0 Å². The number of aromatic nitrogens is 2. The summed E-state index contributed by atoms with van der Waals surface area (Å²) in [6.07, 6.45) is 5.53. The fraction of sp³-hybridized carbons (Fsp3) is 0.714. The highest BCUT2D eigenvalue weighted by Crippen LogP contribution is 2.31. The summed E-state index contributed by atoms with van der Waals surface area (Å²) in [6, 6.07) is 0. The summed E-state index contributed by atoms with van der Waals surface area (Å²) in [5, 5.41) is 3.52. The maximum Gasteiger partial charge on any atom is 0.228 e. The molecule has 1 saturated carbocycles. The number of rotatable bonds is 2. The second kappa shape index (κ2) is 2.30. The monoisotopic (exact) mass is 153 g/mol. The van der Waals surface area contributed by atoms with Gasteiger partial charge in [-0.05, 0) is 19.3 Å². The molecule has 0 aliphatic heterocycles. The summed E-state index contributed by atoms with van der Waals surface area (Å²) in [5.74, 6) is 0.659. The zero-order chi connectivity index (χ0) is 7.73. The molecule has 4 nitrogen and oxygen atoms in total. The third-order valence-electron chi connectivity index (χ3n) is 2.26. The Kier molecular flexibility index (Phi) is 1.42. The fourth-order valence-electron chi connectivity index (χ4n) is 1.38. The molecule has 1 heterocycles. The Morgan fingerprint density at radius 1 is 1.64 bits per heavy atom. The molecule has 1 aliphatic rings. The molecule has 0 radical (unpaired) electrons. The quantitative estimate of drug-likeness (QED) is 0.671. The van der Waals surface area contributed by atoms with Crippen molar-refractivity contribution < 1.29 is 4.52 Å². The minimum absolute atomic E-state index is 0.0491. The molecule has 0 bridgehead atoms. The first-order chi connectivity index (χ1) is 5.29. The predicted molar refractivity (Wildman–Crippen MR) is 38.8 cm³/mol. The predicted octanol–water partition coefficient (Wildman–Crippen LogP) is 0.493. The average molecular weight is 153 g/mol. The van der Waals surface area contributed by atoms with Crippen molar-refractivity contribution in [1.29, 1.82) is 0 Å². The molecule has 0 amide bonds. The summed E-state index contributed by atoms with van der Waals surface area (Å²) < 4.78 is 4.86. The van der Waals surface area contributed by atoms with E-state index in [0.717, 1.165) is 19.3 Å². The SMILES string of the molecule is NC1(Cc2ncno2)CCC1. The van der Waals surface area contributed by atoms with Crippen LogP contribution in [-0.2, 0) is 6.42 Å². The topological polar surface area (TPSA) is 64.9 Å². The van der Waals surface area contributed by atoms with E-state index >= 15 is 0 Å². The van der Waals surface area contributed by atoms with Gasteiger partial charge in [0.15, 0.2) is 6.33 Å². The fourth-order valence-corrected chi connectivity index (χ4v) is 1.38. The first-order valence-corrected chi connectivity index (χ1v) is 3.83. The molecule has 4 heteroatoms. The number of nitrogens with two attached hydrogens (primary N) is 1. The molecular weight excluding hydrogens is 142 g/mol. The smallest absolute Gasteiger partial charge is 0.228 e. The van der Waals surface area contributed by atoms with Crippen LogP contribution in [0.5, 0.6) is 0 Å². The molecule has 2 N–H and O–H groups in total. The van der Waals surface area contributed by atoms with E-state index < -0.39 is 0 Å². The third kappa shape index (κ3) is 1.26. The van der Waals surface area contributed by atoms with Gasteiger partial charge in [-0.3, -0.25) is 0 Å². The van der Waals surface area contributed by atoms with Crippen LogP contribution in [0.1, 0.15) is 25.2 Å². The van der Waals surface area contributed by atoms with E-state index in [1.807, 2.05) is 0 Å². The van der Waals surface area contributed by atoms with Crippen LogP contribution in [0.4, 0.5) is 0 Å². The van der Waals surface area contributed by atoms with E-state index in [9.17, 15) is 0 Å². The van der Waals surface area contributed by atoms with E-state index in [0.29, 0.717) is 5.89 Å². The lowest BCUT2D eigenvalue weighted by atomic mass is 9.75. The molecule has 0 aromatic carbocycles. The van der Waals surface area contributed by atoms with Crippen molar-refractivity contribution in [3.05, 3.63) is 12.2 Å². The van der Waals surface area contributed by atoms with E-state index in [2.05, 4.69) is 10.1 Å². The molecule has 0 atom stereocenters. The van der Waals surface area contributed by atoms with Crippen LogP contribution in [0, 0.1) is 0 Å². The van der Waals surface area contributed by atoms with Crippen LogP contribution >= 0.6 is 0 Å². The van der Waals surface area contributed by atoms with E-state index in [-0.39, 0.29) is 5.54 Å². The van der Waals surface area contributed by atoms with Gasteiger partial charge >= 0.3 is 0 Å². The zero-order valence-corrected chi connectivity index (χ0v) is 6.29. The van der Waals surface area contributed by atoms with Gasteiger partial charge in [0.25, 0.3) is 0 Å². The maximum atomic E-state index is 5.97. The van der Waals surface area contributed by atoms with Crippen molar-refractivity contribution in [2.75, 3.05) is 0 Å². The molecule has 1 aromatic heterocycles. The van der Waals surface area contributed by atoms with Gasteiger partial charge in [-0.2, -0.15) is 4.98 Å². The maximum absolute atomic E-state index is 5.97. The normalized spacial score (nSPS) is 21.2. The van der Waals surface area contributed by atoms with Crippen molar-refractivity contribution in [2.24, 2.45) is 5.73 Å². The van der Waals surface area contributed by atoms with E-state index in [1.54, 1.807) is 0 Å². The lowest BCUT2D eigenvalue weighted by molar-refractivity contribution is 0.222.